The Balaban J connectivity index is 1.96. The largest absolute Gasteiger partial charge is 0.497 e. The molecule has 3 nitrogen and oxygen atoms in total. The van der Waals surface area contributed by atoms with Crippen molar-refractivity contribution in [2.75, 3.05) is 13.7 Å². The number of hydrogen-bond donors (Lipinski definition) is 1. The molecule has 0 aliphatic carbocycles. The first-order chi connectivity index (χ1) is 12.6. The Morgan fingerprint density at radius 3 is 2.42 bits per heavy atom. The minimum absolute atomic E-state index is 0.169. The molecule has 0 spiro atoms. The maximum absolute atomic E-state index is 10.4. The summed E-state index contributed by atoms with van der Waals surface area (Å²) in [5.74, 6) is 1.00. The Kier molecular flexibility index (Phi) is 8.13. The first-order valence-electron chi connectivity index (χ1n) is 8.87. The van der Waals surface area contributed by atoms with Crippen LogP contribution in [0.3, 0.4) is 0 Å². The lowest BCUT2D eigenvalue weighted by Gasteiger charge is -2.17. The van der Waals surface area contributed by atoms with Crippen molar-refractivity contribution in [3.8, 4) is 5.75 Å². The van der Waals surface area contributed by atoms with Crippen LogP contribution in [0.4, 0.5) is 0 Å². The molecule has 0 amide bonds. The van der Waals surface area contributed by atoms with Crippen LogP contribution in [0.2, 0.25) is 0 Å². The number of benzene rings is 2. The zero-order valence-electron chi connectivity index (χ0n) is 15.6. The summed E-state index contributed by atoms with van der Waals surface area (Å²) in [4.78, 5) is 0. The average Bonchev–Trinajstić information content (AvgIpc) is 2.68. The van der Waals surface area contributed by atoms with Gasteiger partial charge >= 0.3 is 0 Å². The van der Waals surface area contributed by atoms with E-state index in [0.29, 0.717) is 6.61 Å². The molecule has 0 radical (unpaired) electrons. The standard InChI is InChI=1S/C23H28O3/c1-4-8-21(20-11-13-22(25-3)14-12-20)15-18(2)23(24)17-26-16-19-9-6-5-7-10-19/h4-7,9-15,21,23-24H,1,8,16-17H2,2-3H3/b18-15+. The highest BCUT2D eigenvalue weighted by Gasteiger charge is 2.12. The summed E-state index contributed by atoms with van der Waals surface area (Å²) >= 11 is 0. The summed E-state index contributed by atoms with van der Waals surface area (Å²) in [6.07, 6.45) is 4.18. The van der Waals surface area contributed by atoms with Crippen LogP contribution < -0.4 is 4.74 Å². The molecule has 0 heterocycles. The lowest BCUT2D eigenvalue weighted by atomic mass is 9.92. The lowest BCUT2D eigenvalue weighted by Crippen LogP contribution is -2.17. The summed E-state index contributed by atoms with van der Waals surface area (Å²) in [7, 11) is 1.66. The summed E-state index contributed by atoms with van der Waals surface area (Å²) in [6.45, 7) is 6.57. The van der Waals surface area contributed by atoms with Gasteiger partial charge in [-0.2, -0.15) is 0 Å². The van der Waals surface area contributed by atoms with E-state index >= 15 is 0 Å². The number of hydrogen-bond acceptors (Lipinski definition) is 3. The van der Waals surface area contributed by atoms with Gasteiger partial charge in [-0.15, -0.1) is 6.58 Å². The van der Waals surface area contributed by atoms with E-state index in [1.165, 1.54) is 5.56 Å². The SMILES string of the molecule is C=CCC(/C=C(\C)C(O)COCc1ccccc1)c1ccc(OC)cc1. The minimum atomic E-state index is -0.621. The highest BCUT2D eigenvalue weighted by atomic mass is 16.5. The molecule has 3 heteroatoms. The van der Waals surface area contributed by atoms with Crippen LogP contribution in [0, 0.1) is 0 Å². The van der Waals surface area contributed by atoms with Gasteiger partial charge in [-0.05, 0) is 42.2 Å². The zero-order chi connectivity index (χ0) is 18.8. The first kappa shape index (κ1) is 20.0. The summed E-state index contributed by atoms with van der Waals surface area (Å²) in [6, 6.07) is 18.0. The molecule has 0 aromatic heterocycles. The van der Waals surface area contributed by atoms with Crippen molar-refractivity contribution in [3.05, 3.63) is 90.0 Å². The van der Waals surface area contributed by atoms with Crippen molar-refractivity contribution < 1.29 is 14.6 Å². The zero-order valence-corrected chi connectivity index (χ0v) is 15.6. The quantitative estimate of drug-likeness (QED) is 0.620. The van der Waals surface area contributed by atoms with Gasteiger partial charge in [0.25, 0.3) is 0 Å². The fraction of sp³-hybridized carbons (Fsp3) is 0.304. The van der Waals surface area contributed by atoms with Gasteiger partial charge in [0, 0.05) is 5.92 Å². The maximum atomic E-state index is 10.4. The Hall–Kier alpha value is -2.36. The fourth-order valence-electron chi connectivity index (χ4n) is 2.75. The van der Waals surface area contributed by atoms with E-state index in [4.69, 9.17) is 9.47 Å². The Labute approximate surface area is 156 Å². The number of aliphatic hydroxyl groups is 1. The van der Waals surface area contributed by atoms with Crippen LogP contribution >= 0.6 is 0 Å². The number of methoxy groups -OCH3 is 1. The average molecular weight is 352 g/mol. The van der Waals surface area contributed by atoms with Crippen molar-refractivity contribution in [1.29, 1.82) is 0 Å². The molecule has 0 aliphatic heterocycles. The van der Waals surface area contributed by atoms with Gasteiger partial charge in [-0.25, -0.2) is 0 Å². The van der Waals surface area contributed by atoms with Crippen molar-refractivity contribution in [3.63, 3.8) is 0 Å². The van der Waals surface area contributed by atoms with Crippen LogP contribution in [0.1, 0.15) is 30.4 Å². The van der Waals surface area contributed by atoms with Crippen LogP contribution in [-0.4, -0.2) is 24.9 Å². The van der Waals surface area contributed by atoms with Crippen molar-refractivity contribution >= 4 is 0 Å². The van der Waals surface area contributed by atoms with Gasteiger partial charge in [-0.3, -0.25) is 0 Å². The number of ether oxygens (including phenoxy) is 2. The normalized spacial score (nSPS) is 13.9. The van der Waals surface area contributed by atoms with Crippen molar-refractivity contribution in [2.45, 2.75) is 32.0 Å². The molecular weight excluding hydrogens is 324 g/mol. The number of rotatable bonds is 10. The topological polar surface area (TPSA) is 38.7 Å². The molecule has 1 N–H and O–H groups in total. The molecule has 2 unspecified atom stereocenters. The molecule has 0 fully saturated rings. The van der Waals surface area contributed by atoms with E-state index in [0.717, 1.165) is 23.3 Å². The highest BCUT2D eigenvalue weighted by Crippen LogP contribution is 2.26. The molecule has 2 aromatic carbocycles. The number of aliphatic hydroxyl groups excluding tert-OH is 1. The Morgan fingerprint density at radius 2 is 1.81 bits per heavy atom. The van der Waals surface area contributed by atoms with E-state index in [1.54, 1.807) is 7.11 Å². The second-order valence-electron chi connectivity index (χ2n) is 6.33. The molecule has 0 saturated heterocycles. The summed E-state index contributed by atoms with van der Waals surface area (Å²) in [5.41, 5.74) is 3.17. The van der Waals surface area contributed by atoms with Crippen LogP contribution in [-0.2, 0) is 11.3 Å². The Bertz CT molecular complexity index is 689. The van der Waals surface area contributed by atoms with E-state index < -0.39 is 6.10 Å². The molecule has 0 saturated carbocycles. The fourth-order valence-corrected chi connectivity index (χ4v) is 2.75. The molecule has 2 atom stereocenters. The van der Waals surface area contributed by atoms with E-state index in [9.17, 15) is 5.11 Å². The second kappa shape index (κ2) is 10.6. The predicted octanol–water partition coefficient (Wildman–Crippen LogP) is 4.88. The first-order valence-corrected chi connectivity index (χ1v) is 8.87. The predicted molar refractivity (Wildman–Crippen MR) is 106 cm³/mol. The molecule has 26 heavy (non-hydrogen) atoms. The monoisotopic (exact) mass is 352 g/mol. The molecule has 2 aromatic rings. The van der Waals surface area contributed by atoms with Crippen molar-refractivity contribution in [2.24, 2.45) is 0 Å². The smallest absolute Gasteiger partial charge is 0.118 e. The van der Waals surface area contributed by atoms with Gasteiger partial charge in [0.15, 0.2) is 0 Å². The van der Waals surface area contributed by atoms with E-state index in [1.807, 2.05) is 55.5 Å². The highest BCUT2D eigenvalue weighted by molar-refractivity contribution is 5.32. The third-order valence-electron chi connectivity index (χ3n) is 4.34. The summed E-state index contributed by atoms with van der Waals surface area (Å²) in [5, 5.41) is 10.4. The third-order valence-corrected chi connectivity index (χ3v) is 4.34. The minimum Gasteiger partial charge on any atom is -0.497 e. The van der Waals surface area contributed by atoms with Crippen LogP contribution in [0.5, 0.6) is 5.75 Å². The van der Waals surface area contributed by atoms with Crippen LogP contribution in [0.25, 0.3) is 0 Å². The van der Waals surface area contributed by atoms with Crippen molar-refractivity contribution in [1.82, 2.24) is 0 Å². The van der Waals surface area contributed by atoms with Gasteiger partial charge in [0.2, 0.25) is 0 Å². The van der Waals surface area contributed by atoms with E-state index in [-0.39, 0.29) is 12.5 Å². The van der Waals surface area contributed by atoms with Gasteiger partial charge in [0.05, 0.1) is 26.4 Å². The van der Waals surface area contributed by atoms with Gasteiger partial charge in [-0.1, -0.05) is 54.6 Å². The van der Waals surface area contributed by atoms with Crippen LogP contribution in [0.15, 0.2) is 78.9 Å². The van der Waals surface area contributed by atoms with E-state index in [2.05, 4.69) is 24.8 Å². The maximum Gasteiger partial charge on any atom is 0.118 e. The lowest BCUT2D eigenvalue weighted by molar-refractivity contribution is 0.0451. The molecule has 2 rings (SSSR count). The molecule has 138 valence electrons. The molecule has 0 bridgehead atoms. The van der Waals surface area contributed by atoms with Gasteiger partial charge < -0.3 is 14.6 Å². The molecule has 0 aliphatic rings. The summed E-state index contributed by atoms with van der Waals surface area (Å²) < 4.78 is 10.9. The Morgan fingerprint density at radius 1 is 1.12 bits per heavy atom. The third kappa shape index (κ3) is 6.17. The number of allylic oxidation sites excluding steroid dienone is 2. The van der Waals surface area contributed by atoms with Gasteiger partial charge in [0.1, 0.15) is 5.75 Å². The second-order valence-corrected chi connectivity index (χ2v) is 6.33. The molecular formula is C23H28O3.